The summed E-state index contributed by atoms with van der Waals surface area (Å²) in [7, 11) is 1.48. The number of ether oxygens (including phenoxy) is 1. The van der Waals surface area contributed by atoms with Crippen molar-refractivity contribution in [2.75, 3.05) is 20.3 Å². The Bertz CT molecular complexity index is 414. The first-order chi connectivity index (χ1) is 8.58. The van der Waals surface area contributed by atoms with Crippen LogP contribution in [0, 0.1) is 15.9 Å². The molecule has 1 rings (SSSR count). The number of nitrogens with zero attached hydrogens (tertiary/aromatic N) is 1. The summed E-state index contributed by atoms with van der Waals surface area (Å²) in [4.78, 5) is 10.2. The van der Waals surface area contributed by atoms with E-state index in [-0.39, 0.29) is 37.1 Å². The standard InChI is InChI=1S/C11H15FN2O4/c1-18-7-10(6-15)13-5-8-4-9(12)2-3-11(8)14(16)17/h2-4,10,13,15H,5-7H2,1H3. The van der Waals surface area contributed by atoms with Gasteiger partial charge < -0.3 is 15.2 Å². The van der Waals surface area contributed by atoms with E-state index in [1.165, 1.54) is 7.11 Å². The van der Waals surface area contributed by atoms with Gasteiger partial charge in [0.1, 0.15) is 5.82 Å². The number of nitro groups is 1. The molecule has 0 aliphatic carbocycles. The number of methoxy groups -OCH3 is 1. The maximum Gasteiger partial charge on any atom is 0.274 e. The SMILES string of the molecule is COCC(CO)NCc1cc(F)ccc1[N+](=O)[O-]. The first-order valence-electron chi connectivity index (χ1n) is 5.34. The number of hydrogen-bond acceptors (Lipinski definition) is 5. The van der Waals surface area contributed by atoms with Crippen LogP contribution in [0.4, 0.5) is 10.1 Å². The van der Waals surface area contributed by atoms with Gasteiger partial charge in [0, 0.05) is 25.3 Å². The smallest absolute Gasteiger partial charge is 0.274 e. The molecule has 0 heterocycles. The zero-order valence-corrected chi connectivity index (χ0v) is 9.93. The molecular formula is C11H15FN2O4. The van der Waals surface area contributed by atoms with Crippen molar-refractivity contribution in [3.8, 4) is 0 Å². The Kier molecular flexibility index (Phi) is 5.63. The number of hydrogen-bond donors (Lipinski definition) is 2. The van der Waals surface area contributed by atoms with Crippen molar-refractivity contribution < 1.29 is 19.2 Å². The molecule has 0 aromatic heterocycles. The third-order valence-corrected chi connectivity index (χ3v) is 2.41. The van der Waals surface area contributed by atoms with E-state index in [1.54, 1.807) is 0 Å². The van der Waals surface area contributed by atoms with Gasteiger partial charge in [0.2, 0.25) is 0 Å². The van der Waals surface area contributed by atoms with E-state index in [0.717, 1.165) is 18.2 Å². The highest BCUT2D eigenvalue weighted by Crippen LogP contribution is 2.19. The van der Waals surface area contributed by atoms with Crippen LogP contribution in [-0.2, 0) is 11.3 Å². The second-order valence-electron chi connectivity index (χ2n) is 3.75. The average Bonchev–Trinajstić information content (AvgIpc) is 2.34. The van der Waals surface area contributed by atoms with Crippen molar-refractivity contribution in [1.82, 2.24) is 5.32 Å². The van der Waals surface area contributed by atoms with Crippen LogP contribution < -0.4 is 5.32 Å². The highest BCUT2D eigenvalue weighted by Gasteiger charge is 2.15. The summed E-state index contributed by atoms with van der Waals surface area (Å²) in [5.74, 6) is -0.537. The predicted octanol–water partition coefficient (Wildman–Crippen LogP) is 0.831. The molecule has 6 nitrogen and oxygen atoms in total. The summed E-state index contributed by atoms with van der Waals surface area (Å²) < 4.78 is 17.9. The van der Waals surface area contributed by atoms with E-state index in [0.29, 0.717) is 0 Å². The summed E-state index contributed by atoms with van der Waals surface area (Å²) in [6.07, 6.45) is 0. The molecule has 1 aromatic rings. The topological polar surface area (TPSA) is 84.6 Å². The van der Waals surface area contributed by atoms with Gasteiger partial charge in [-0.15, -0.1) is 0 Å². The number of aliphatic hydroxyl groups is 1. The van der Waals surface area contributed by atoms with Gasteiger partial charge in [0.15, 0.2) is 0 Å². The number of rotatable bonds is 7. The minimum absolute atomic E-state index is 0.0860. The van der Waals surface area contributed by atoms with E-state index in [2.05, 4.69) is 5.32 Å². The second-order valence-corrected chi connectivity index (χ2v) is 3.75. The number of nitro benzene ring substituents is 1. The molecule has 0 amide bonds. The van der Waals surface area contributed by atoms with Gasteiger partial charge in [-0.1, -0.05) is 0 Å². The molecule has 0 saturated carbocycles. The summed E-state index contributed by atoms with van der Waals surface area (Å²) in [5, 5.41) is 22.6. The van der Waals surface area contributed by atoms with E-state index in [4.69, 9.17) is 9.84 Å². The fraction of sp³-hybridized carbons (Fsp3) is 0.455. The van der Waals surface area contributed by atoms with Crippen LogP contribution in [0.25, 0.3) is 0 Å². The highest BCUT2D eigenvalue weighted by molar-refractivity contribution is 5.40. The molecule has 1 aromatic carbocycles. The van der Waals surface area contributed by atoms with Gasteiger partial charge in [-0.25, -0.2) is 4.39 Å². The number of benzene rings is 1. The van der Waals surface area contributed by atoms with Crippen molar-refractivity contribution in [2.45, 2.75) is 12.6 Å². The molecule has 0 bridgehead atoms. The largest absolute Gasteiger partial charge is 0.395 e. The Morgan fingerprint density at radius 1 is 1.61 bits per heavy atom. The maximum atomic E-state index is 13.0. The first kappa shape index (κ1) is 14.5. The van der Waals surface area contributed by atoms with E-state index in [1.807, 2.05) is 0 Å². The first-order valence-corrected chi connectivity index (χ1v) is 5.34. The lowest BCUT2D eigenvalue weighted by Gasteiger charge is -2.15. The second kappa shape index (κ2) is 7.00. The van der Waals surface area contributed by atoms with Gasteiger partial charge >= 0.3 is 0 Å². The predicted molar refractivity (Wildman–Crippen MR) is 62.6 cm³/mol. The van der Waals surface area contributed by atoms with Gasteiger partial charge in [-0.05, 0) is 12.1 Å². The molecule has 0 fully saturated rings. The molecule has 0 aliphatic rings. The van der Waals surface area contributed by atoms with Crippen molar-refractivity contribution >= 4 is 5.69 Å². The Morgan fingerprint density at radius 2 is 2.33 bits per heavy atom. The van der Waals surface area contributed by atoms with Crippen LogP contribution in [0.2, 0.25) is 0 Å². The minimum Gasteiger partial charge on any atom is -0.395 e. The molecule has 18 heavy (non-hydrogen) atoms. The van der Waals surface area contributed by atoms with Gasteiger partial charge in [0.25, 0.3) is 5.69 Å². The van der Waals surface area contributed by atoms with Crippen molar-refractivity contribution in [3.05, 3.63) is 39.7 Å². The number of halogens is 1. The lowest BCUT2D eigenvalue weighted by molar-refractivity contribution is -0.385. The van der Waals surface area contributed by atoms with Crippen molar-refractivity contribution in [2.24, 2.45) is 0 Å². The van der Waals surface area contributed by atoms with Gasteiger partial charge in [-0.2, -0.15) is 0 Å². The van der Waals surface area contributed by atoms with Crippen LogP contribution in [0.5, 0.6) is 0 Å². The van der Waals surface area contributed by atoms with Crippen LogP contribution in [0.15, 0.2) is 18.2 Å². The Balaban J connectivity index is 2.76. The fourth-order valence-corrected chi connectivity index (χ4v) is 1.51. The molecule has 0 spiro atoms. The molecule has 1 atom stereocenters. The number of nitrogens with one attached hydrogen (secondary N) is 1. The minimum atomic E-state index is -0.569. The summed E-state index contributed by atoms with van der Waals surface area (Å²) in [6, 6.07) is 2.92. The van der Waals surface area contributed by atoms with Crippen molar-refractivity contribution in [3.63, 3.8) is 0 Å². The average molecular weight is 258 g/mol. The molecule has 0 radical (unpaired) electrons. The molecule has 0 saturated heterocycles. The van der Waals surface area contributed by atoms with Crippen LogP contribution in [0.3, 0.4) is 0 Å². The molecule has 7 heteroatoms. The fourth-order valence-electron chi connectivity index (χ4n) is 1.51. The molecule has 0 aliphatic heterocycles. The zero-order chi connectivity index (χ0) is 13.5. The Morgan fingerprint density at radius 3 is 2.89 bits per heavy atom. The lowest BCUT2D eigenvalue weighted by Crippen LogP contribution is -2.36. The quantitative estimate of drug-likeness (QED) is 0.559. The van der Waals surface area contributed by atoms with Crippen molar-refractivity contribution in [1.29, 1.82) is 0 Å². The summed E-state index contributed by atoms with van der Waals surface area (Å²) >= 11 is 0. The summed E-state index contributed by atoms with van der Waals surface area (Å²) in [5.41, 5.74) is 0.0764. The Hall–Kier alpha value is -1.57. The van der Waals surface area contributed by atoms with E-state index in [9.17, 15) is 14.5 Å². The van der Waals surface area contributed by atoms with E-state index < -0.39 is 10.7 Å². The maximum absolute atomic E-state index is 13.0. The molecule has 100 valence electrons. The highest BCUT2D eigenvalue weighted by atomic mass is 19.1. The Labute approximate surface area is 104 Å². The summed E-state index contributed by atoms with van der Waals surface area (Å²) in [6.45, 7) is 0.180. The third-order valence-electron chi connectivity index (χ3n) is 2.41. The monoisotopic (exact) mass is 258 g/mol. The molecular weight excluding hydrogens is 243 g/mol. The van der Waals surface area contributed by atoms with Crippen LogP contribution in [0.1, 0.15) is 5.56 Å². The van der Waals surface area contributed by atoms with Crippen LogP contribution >= 0.6 is 0 Å². The molecule has 1 unspecified atom stereocenters. The third kappa shape index (κ3) is 4.02. The van der Waals surface area contributed by atoms with Crippen LogP contribution in [-0.4, -0.2) is 36.4 Å². The lowest BCUT2D eigenvalue weighted by atomic mass is 10.1. The van der Waals surface area contributed by atoms with E-state index >= 15 is 0 Å². The van der Waals surface area contributed by atoms with Gasteiger partial charge in [0.05, 0.1) is 24.2 Å². The normalized spacial score (nSPS) is 12.4. The number of aliphatic hydroxyl groups excluding tert-OH is 1. The van der Waals surface area contributed by atoms with Gasteiger partial charge in [-0.3, -0.25) is 10.1 Å². The zero-order valence-electron chi connectivity index (χ0n) is 9.93. The molecule has 2 N–H and O–H groups in total.